The Kier molecular flexibility index (Phi) is 3.63. The zero-order valence-corrected chi connectivity index (χ0v) is 11.2. The molecule has 1 aromatic carbocycles. The van der Waals surface area contributed by atoms with E-state index in [1.807, 2.05) is 23.9 Å². The van der Waals surface area contributed by atoms with Gasteiger partial charge in [0.1, 0.15) is 17.5 Å². The number of thioether (sulfide) groups is 1. The van der Waals surface area contributed by atoms with Crippen LogP contribution in [0.3, 0.4) is 0 Å². The molecular weight excluding hydrogens is 242 g/mol. The van der Waals surface area contributed by atoms with Gasteiger partial charge in [-0.05, 0) is 17.7 Å². The molecule has 92 valence electrons. The first kappa shape index (κ1) is 12.6. The third-order valence-corrected chi connectivity index (χ3v) is 3.58. The summed E-state index contributed by atoms with van der Waals surface area (Å²) in [7, 11) is 0. The number of nitrogens with zero attached hydrogens (tertiary/aromatic N) is 1. The molecule has 1 aromatic heterocycles. The Balaban J connectivity index is 2.32. The van der Waals surface area contributed by atoms with Crippen LogP contribution in [0.2, 0.25) is 0 Å². The zero-order valence-electron chi connectivity index (χ0n) is 10.4. The summed E-state index contributed by atoms with van der Waals surface area (Å²) in [6.07, 6.45) is 1.78. The van der Waals surface area contributed by atoms with Gasteiger partial charge in [0.15, 0.2) is 0 Å². The van der Waals surface area contributed by atoms with Crippen molar-refractivity contribution in [3.8, 4) is 17.2 Å². The number of nitrogen functional groups attached to an aromatic ring is 1. The Morgan fingerprint density at radius 3 is 2.50 bits per heavy atom. The molecule has 2 rings (SSSR count). The van der Waals surface area contributed by atoms with Gasteiger partial charge < -0.3 is 10.7 Å². The van der Waals surface area contributed by atoms with E-state index in [4.69, 9.17) is 11.0 Å². The van der Waals surface area contributed by atoms with Crippen LogP contribution in [0.5, 0.6) is 0 Å². The van der Waals surface area contributed by atoms with E-state index in [-0.39, 0.29) is 0 Å². The maximum atomic E-state index is 9.07. The Morgan fingerprint density at radius 1 is 1.28 bits per heavy atom. The number of benzene rings is 1. The van der Waals surface area contributed by atoms with E-state index in [1.54, 1.807) is 6.20 Å². The first-order valence-corrected chi connectivity index (χ1v) is 6.64. The highest BCUT2D eigenvalue weighted by Gasteiger charge is 2.10. The first-order chi connectivity index (χ1) is 8.61. The monoisotopic (exact) mass is 257 g/mol. The molecule has 3 N–H and O–H groups in total. The van der Waals surface area contributed by atoms with Crippen molar-refractivity contribution in [2.75, 3.05) is 5.73 Å². The van der Waals surface area contributed by atoms with Crippen molar-refractivity contribution in [1.82, 2.24) is 4.98 Å². The van der Waals surface area contributed by atoms with Crippen molar-refractivity contribution < 1.29 is 0 Å². The largest absolute Gasteiger partial charge is 0.384 e. The molecule has 3 nitrogen and oxygen atoms in total. The van der Waals surface area contributed by atoms with Crippen molar-refractivity contribution in [2.24, 2.45) is 0 Å². The third kappa shape index (κ3) is 2.52. The van der Waals surface area contributed by atoms with Gasteiger partial charge in [0.05, 0.1) is 0 Å². The minimum absolute atomic E-state index is 0.424. The van der Waals surface area contributed by atoms with Crippen LogP contribution in [-0.2, 0) is 0 Å². The normalized spacial score (nSPS) is 10.6. The summed E-state index contributed by atoms with van der Waals surface area (Å²) in [5.41, 5.74) is 8.08. The smallest absolute Gasteiger partial charge is 0.119 e. The second kappa shape index (κ2) is 5.19. The van der Waals surface area contributed by atoms with Crippen LogP contribution in [0.15, 0.2) is 35.4 Å². The summed E-state index contributed by atoms with van der Waals surface area (Å²) in [4.78, 5) is 4.12. The van der Waals surface area contributed by atoms with E-state index < -0.39 is 0 Å². The van der Waals surface area contributed by atoms with E-state index in [1.165, 1.54) is 4.90 Å². The van der Waals surface area contributed by atoms with E-state index in [2.05, 4.69) is 37.0 Å². The zero-order chi connectivity index (χ0) is 13.1. The molecule has 0 aliphatic rings. The summed E-state index contributed by atoms with van der Waals surface area (Å²) >= 11 is 1.82. The van der Waals surface area contributed by atoms with Gasteiger partial charge in [0.2, 0.25) is 0 Å². The molecule has 0 aliphatic carbocycles. The first-order valence-electron chi connectivity index (χ1n) is 5.76. The Bertz CT molecular complexity index is 576. The number of aromatic nitrogens is 1. The quantitative estimate of drug-likeness (QED) is 0.825. The fourth-order valence-electron chi connectivity index (χ4n) is 1.77. The summed E-state index contributed by atoms with van der Waals surface area (Å²) in [6.45, 7) is 4.33. The van der Waals surface area contributed by atoms with Crippen molar-refractivity contribution >= 4 is 17.6 Å². The van der Waals surface area contributed by atoms with Crippen LogP contribution < -0.4 is 5.73 Å². The lowest BCUT2D eigenvalue weighted by atomic mass is 10.1. The maximum absolute atomic E-state index is 9.07. The number of nitrogens with one attached hydrogen (secondary N) is 1. The number of aromatic amines is 1. The number of hydrogen-bond donors (Lipinski definition) is 2. The van der Waals surface area contributed by atoms with Gasteiger partial charge in [-0.15, -0.1) is 11.8 Å². The average Bonchev–Trinajstić information content (AvgIpc) is 2.70. The SMILES string of the molecule is CC(C)Sc1ccc(-c2c[nH]c(N)c2C#N)cc1. The minimum atomic E-state index is 0.424. The molecule has 0 unspecified atom stereocenters. The van der Waals surface area contributed by atoms with E-state index in [0.29, 0.717) is 16.6 Å². The third-order valence-electron chi connectivity index (χ3n) is 2.56. The summed E-state index contributed by atoms with van der Waals surface area (Å²) in [6, 6.07) is 10.3. The summed E-state index contributed by atoms with van der Waals surface area (Å²) in [5.74, 6) is 0.424. The van der Waals surface area contributed by atoms with Gasteiger partial charge in [-0.2, -0.15) is 5.26 Å². The molecule has 0 spiro atoms. The van der Waals surface area contributed by atoms with E-state index in [9.17, 15) is 0 Å². The highest BCUT2D eigenvalue weighted by molar-refractivity contribution is 7.99. The maximum Gasteiger partial charge on any atom is 0.119 e. The lowest BCUT2D eigenvalue weighted by molar-refractivity contribution is 1.11. The number of nitriles is 1. The lowest BCUT2D eigenvalue weighted by Gasteiger charge is -2.05. The highest BCUT2D eigenvalue weighted by Crippen LogP contribution is 2.30. The Morgan fingerprint density at radius 2 is 1.94 bits per heavy atom. The predicted octanol–water partition coefficient (Wildman–Crippen LogP) is 3.64. The molecule has 0 radical (unpaired) electrons. The molecule has 0 saturated carbocycles. The van der Waals surface area contributed by atoms with E-state index >= 15 is 0 Å². The van der Waals surface area contributed by atoms with Crippen LogP contribution in [0, 0.1) is 11.3 Å². The number of hydrogen-bond acceptors (Lipinski definition) is 3. The minimum Gasteiger partial charge on any atom is -0.384 e. The van der Waals surface area contributed by atoms with Crippen molar-refractivity contribution in [3.63, 3.8) is 0 Å². The molecule has 0 saturated heterocycles. The van der Waals surface area contributed by atoms with Gasteiger partial charge >= 0.3 is 0 Å². The fourth-order valence-corrected chi connectivity index (χ4v) is 2.61. The molecule has 0 fully saturated rings. The van der Waals surface area contributed by atoms with Crippen LogP contribution in [-0.4, -0.2) is 10.2 Å². The van der Waals surface area contributed by atoms with Crippen LogP contribution in [0.1, 0.15) is 19.4 Å². The van der Waals surface area contributed by atoms with Gasteiger partial charge in [-0.25, -0.2) is 0 Å². The highest BCUT2D eigenvalue weighted by atomic mass is 32.2. The Hall–Kier alpha value is -1.86. The van der Waals surface area contributed by atoms with Crippen molar-refractivity contribution in [3.05, 3.63) is 36.0 Å². The topological polar surface area (TPSA) is 65.6 Å². The molecule has 4 heteroatoms. The van der Waals surface area contributed by atoms with E-state index in [0.717, 1.165) is 11.1 Å². The standard InChI is InChI=1S/C14H15N3S/c1-9(2)18-11-5-3-10(4-6-11)13-8-17-14(16)12(13)7-15/h3-6,8-9,17H,16H2,1-2H3. The average molecular weight is 257 g/mol. The molecule has 0 bridgehead atoms. The molecular formula is C14H15N3S. The summed E-state index contributed by atoms with van der Waals surface area (Å²) < 4.78 is 0. The van der Waals surface area contributed by atoms with Gasteiger partial charge in [0.25, 0.3) is 0 Å². The molecule has 2 aromatic rings. The molecule has 0 aliphatic heterocycles. The molecule has 0 amide bonds. The number of rotatable bonds is 3. The number of anilines is 1. The van der Waals surface area contributed by atoms with Crippen molar-refractivity contribution in [1.29, 1.82) is 5.26 Å². The van der Waals surface area contributed by atoms with Gasteiger partial charge in [-0.1, -0.05) is 26.0 Å². The second-order valence-corrected chi connectivity index (χ2v) is 5.94. The summed E-state index contributed by atoms with van der Waals surface area (Å²) in [5, 5.41) is 9.63. The van der Waals surface area contributed by atoms with Gasteiger partial charge in [0, 0.05) is 21.9 Å². The second-order valence-electron chi connectivity index (χ2n) is 4.29. The lowest BCUT2D eigenvalue weighted by Crippen LogP contribution is -1.88. The molecule has 0 atom stereocenters. The molecule has 1 heterocycles. The predicted molar refractivity (Wildman–Crippen MR) is 76.3 cm³/mol. The van der Waals surface area contributed by atoms with Crippen LogP contribution in [0.4, 0.5) is 5.82 Å². The molecule has 18 heavy (non-hydrogen) atoms. The van der Waals surface area contributed by atoms with Crippen molar-refractivity contribution in [2.45, 2.75) is 24.0 Å². The van der Waals surface area contributed by atoms with Gasteiger partial charge in [-0.3, -0.25) is 0 Å². The van der Waals surface area contributed by atoms with Crippen LogP contribution >= 0.6 is 11.8 Å². The Labute approximate surface area is 111 Å². The number of nitrogens with two attached hydrogens (primary N) is 1. The number of H-pyrrole nitrogens is 1. The van der Waals surface area contributed by atoms with Crippen LogP contribution in [0.25, 0.3) is 11.1 Å². The fraction of sp³-hybridized carbons (Fsp3) is 0.214.